The summed E-state index contributed by atoms with van der Waals surface area (Å²) in [6, 6.07) is 28.6. The molecule has 1 fully saturated rings. The van der Waals surface area contributed by atoms with Gasteiger partial charge in [0.25, 0.3) is 0 Å². The summed E-state index contributed by atoms with van der Waals surface area (Å²) in [5.74, 6) is -0.158. The Hall–Kier alpha value is -3.52. The molecule has 0 bridgehead atoms. The molecule has 1 N–H and O–H groups in total. The number of carbonyl (C=O) groups excluding carboxylic acids is 1. The van der Waals surface area contributed by atoms with Crippen LogP contribution in [0.5, 0.6) is 0 Å². The van der Waals surface area contributed by atoms with Gasteiger partial charge in [0.15, 0.2) is 0 Å². The zero-order valence-electron chi connectivity index (χ0n) is 23.2. The van der Waals surface area contributed by atoms with Crippen LogP contribution in [0.15, 0.2) is 91.0 Å². The van der Waals surface area contributed by atoms with E-state index in [4.69, 9.17) is 0 Å². The summed E-state index contributed by atoms with van der Waals surface area (Å²) in [5, 5.41) is 5.23. The Morgan fingerprint density at radius 1 is 0.927 bits per heavy atom. The fourth-order valence-corrected chi connectivity index (χ4v) is 7.20. The van der Waals surface area contributed by atoms with Gasteiger partial charge >= 0.3 is 0 Å². The lowest BCUT2D eigenvalue weighted by atomic mass is 10.00. The first-order chi connectivity index (χ1) is 20.1. The van der Waals surface area contributed by atoms with E-state index < -0.39 is 17.3 Å². The molecule has 0 radical (unpaired) electrons. The summed E-state index contributed by atoms with van der Waals surface area (Å²) in [7, 11) is 0. The minimum absolute atomic E-state index is 0.0180. The number of amides is 1. The maximum Gasteiger partial charge on any atom is 0.222 e. The summed E-state index contributed by atoms with van der Waals surface area (Å²) >= 11 is -2.59. The molecule has 212 valence electrons. The van der Waals surface area contributed by atoms with Crippen LogP contribution in [-0.2, 0) is 29.0 Å². The van der Waals surface area contributed by atoms with Crippen LogP contribution in [0.1, 0.15) is 66.4 Å². The van der Waals surface area contributed by atoms with Crippen molar-refractivity contribution in [3.63, 3.8) is 0 Å². The summed E-state index contributed by atoms with van der Waals surface area (Å²) in [6.45, 7) is 3.27. The van der Waals surface area contributed by atoms with Crippen molar-refractivity contribution in [3.05, 3.63) is 113 Å². The molecular formula is C34H36N3O3S-. The molecule has 1 amide bonds. The Bertz CT molecular complexity index is 1540. The summed E-state index contributed by atoms with van der Waals surface area (Å²) < 4.78 is 26.8. The molecule has 6 rings (SSSR count). The van der Waals surface area contributed by atoms with Crippen molar-refractivity contribution in [2.75, 3.05) is 17.4 Å². The van der Waals surface area contributed by atoms with Crippen LogP contribution in [0.2, 0.25) is 0 Å². The summed E-state index contributed by atoms with van der Waals surface area (Å²) in [4.78, 5) is 16.2. The number of rotatable bonds is 9. The van der Waals surface area contributed by atoms with Gasteiger partial charge in [-0.05, 0) is 83.9 Å². The molecule has 4 aromatic carbocycles. The molecule has 1 aliphatic carbocycles. The second-order valence-corrected chi connectivity index (χ2v) is 12.0. The fourth-order valence-electron chi connectivity index (χ4n) is 6.51. The number of piperidine rings is 1. The van der Waals surface area contributed by atoms with E-state index >= 15 is 0 Å². The fraction of sp³-hybridized carbons (Fsp3) is 0.324. The molecule has 4 aromatic rings. The first-order valence-corrected chi connectivity index (χ1v) is 15.6. The topological polar surface area (TPSA) is 75.7 Å². The van der Waals surface area contributed by atoms with Gasteiger partial charge in [-0.25, -0.2) is 0 Å². The molecule has 6 nitrogen and oxygen atoms in total. The third-order valence-corrected chi connectivity index (χ3v) is 9.33. The maximum atomic E-state index is 13.6. The van der Waals surface area contributed by atoms with E-state index in [1.165, 1.54) is 40.3 Å². The number of nitrogens with zero attached hydrogens (tertiary/aromatic N) is 2. The van der Waals surface area contributed by atoms with E-state index in [1.54, 1.807) is 0 Å². The van der Waals surface area contributed by atoms with E-state index in [1.807, 2.05) is 72.8 Å². The van der Waals surface area contributed by atoms with Gasteiger partial charge in [0.1, 0.15) is 0 Å². The average Bonchev–Trinajstić information content (AvgIpc) is 3.41. The highest BCUT2D eigenvalue weighted by atomic mass is 32.2. The van der Waals surface area contributed by atoms with E-state index in [0.717, 1.165) is 48.8 Å². The number of benzene rings is 4. The number of nitrogens with one attached hydrogen (secondary N) is 1. The number of hydrogen-bond acceptors (Lipinski definition) is 4. The molecule has 0 saturated carbocycles. The average molecular weight is 567 g/mol. The molecule has 1 heterocycles. The molecular weight excluding hydrogens is 530 g/mol. The molecule has 2 aliphatic rings. The van der Waals surface area contributed by atoms with Crippen molar-refractivity contribution in [3.8, 4) is 0 Å². The van der Waals surface area contributed by atoms with E-state index in [0.29, 0.717) is 5.69 Å². The van der Waals surface area contributed by atoms with Crippen molar-refractivity contribution >= 4 is 33.6 Å². The molecule has 0 spiro atoms. The molecule has 1 saturated heterocycles. The molecule has 7 heteroatoms. The summed E-state index contributed by atoms with van der Waals surface area (Å²) in [5.41, 5.74) is 5.24. The highest BCUT2D eigenvalue weighted by Gasteiger charge is 2.30. The Kier molecular flexibility index (Phi) is 8.46. The number of hydrogen-bond donors (Lipinski definition) is 1. The SMILES string of the molecule is O=C(CC(c1ccccc1)N(c1ccc2ccccc2c1)S(=O)[O-])NC1CCc2c(CN3CCCCC3)cccc21. The van der Waals surface area contributed by atoms with Crippen LogP contribution < -0.4 is 9.62 Å². The maximum absolute atomic E-state index is 13.6. The lowest BCUT2D eigenvalue weighted by molar-refractivity contribution is -0.122. The smallest absolute Gasteiger partial charge is 0.222 e. The van der Waals surface area contributed by atoms with Crippen LogP contribution in [-0.4, -0.2) is 32.7 Å². The Morgan fingerprint density at radius 2 is 1.68 bits per heavy atom. The first kappa shape index (κ1) is 27.6. The van der Waals surface area contributed by atoms with Crippen molar-refractivity contribution in [2.45, 2.75) is 57.2 Å². The van der Waals surface area contributed by atoms with Crippen LogP contribution in [0.3, 0.4) is 0 Å². The van der Waals surface area contributed by atoms with Gasteiger partial charge in [-0.1, -0.05) is 85.3 Å². The van der Waals surface area contributed by atoms with Gasteiger partial charge in [0.05, 0.1) is 18.5 Å². The molecule has 1 aliphatic heterocycles. The summed E-state index contributed by atoms with van der Waals surface area (Å²) in [6.07, 6.45) is 5.67. The normalized spacial score (nSPS) is 18.5. The quantitative estimate of drug-likeness (QED) is 0.239. The molecule has 3 atom stereocenters. The van der Waals surface area contributed by atoms with Crippen LogP contribution in [0.4, 0.5) is 5.69 Å². The van der Waals surface area contributed by atoms with Gasteiger partial charge in [-0.3, -0.25) is 18.2 Å². The predicted molar refractivity (Wildman–Crippen MR) is 164 cm³/mol. The largest absolute Gasteiger partial charge is 0.755 e. The lowest BCUT2D eigenvalue weighted by Crippen LogP contribution is -2.36. The zero-order chi connectivity index (χ0) is 28.2. The van der Waals surface area contributed by atoms with Gasteiger partial charge in [-0.2, -0.15) is 0 Å². The third-order valence-electron chi connectivity index (χ3n) is 8.54. The minimum Gasteiger partial charge on any atom is -0.755 e. The van der Waals surface area contributed by atoms with E-state index in [9.17, 15) is 13.6 Å². The molecule has 3 unspecified atom stereocenters. The number of carbonyl (C=O) groups is 1. The number of fused-ring (bicyclic) bond motifs is 2. The van der Waals surface area contributed by atoms with Crippen LogP contribution in [0.25, 0.3) is 10.8 Å². The van der Waals surface area contributed by atoms with Crippen LogP contribution >= 0.6 is 0 Å². The van der Waals surface area contributed by atoms with Crippen molar-refractivity contribution < 1.29 is 13.6 Å². The highest BCUT2D eigenvalue weighted by molar-refractivity contribution is 7.80. The van der Waals surface area contributed by atoms with Gasteiger partial charge in [0, 0.05) is 23.5 Å². The van der Waals surface area contributed by atoms with E-state index in [2.05, 4.69) is 28.4 Å². The van der Waals surface area contributed by atoms with Crippen LogP contribution in [0, 0.1) is 0 Å². The van der Waals surface area contributed by atoms with Crippen molar-refractivity contribution in [2.24, 2.45) is 0 Å². The number of anilines is 1. The van der Waals surface area contributed by atoms with Crippen molar-refractivity contribution in [1.82, 2.24) is 10.2 Å². The second kappa shape index (κ2) is 12.6. The molecule has 0 aromatic heterocycles. The predicted octanol–water partition coefficient (Wildman–Crippen LogP) is 6.36. The van der Waals surface area contributed by atoms with Crippen molar-refractivity contribution in [1.29, 1.82) is 0 Å². The second-order valence-electron chi connectivity index (χ2n) is 11.2. The third kappa shape index (κ3) is 6.22. The Balaban J connectivity index is 1.23. The molecule has 41 heavy (non-hydrogen) atoms. The Morgan fingerprint density at radius 3 is 2.46 bits per heavy atom. The van der Waals surface area contributed by atoms with Gasteiger partial charge in [-0.15, -0.1) is 0 Å². The lowest BCUT2D eigenvalue weighted by Gasteiger charge is -2.35. The highest BCUT2D eigenvalue weighted by Crippen LogP contribution is 2.36. The standard InChI is InChI=1S/C34H37N3O3S/c38-34(35-32-19-18-30-28(14-9-15-31(30)32)24-36-20-7-2-8-21-36)23-33(26-11-3-1-4-12-26)37(41(39)40)29-17-16-25-10-5-6-13-27(25)22-29/h1,3-6,9-17,22,32-33H,2,7-8,18-21,23-24H2,(H,35,38)(H,39,40)/p-1. The Labute approximate surface area is 244 Å². The first-order valence-electron chi connectivity index (χ1n) is 14.6. The number of likely N-dealkylation sites (tertiary alicyclic amines) is 1. The minimum atomic E-state index is -2.59. The monoisotopic (exact) mass is 566 g/mol. The van der Waals surface area contributed by atoms with E-state index in [-0.39, 0.29) is 18.4 Å². The van der Waals surface area contributed by atoms with Gasteiger partial charge in [0.2, 0.25) is 5.91 Å². The zero-order valence-corrected chi connectivity index (χ0v) is 24.0. The van der Waals surface area contributed by atoms with Gasteiger partial charge < -0.3 is 9.87 Å².